The number of fused-ring (bicyclic) bond motifs is 5. The van der Waals surface area contributed by atoms with Crippen LogP contribution in [0.4, 0.5) is 10.1 Å². The molecule has 5 heterocycles. The summed E-state index contributed by atoms with van der Waals surface area (Å²) >= 11 is 0. The van der Waals surface area contributed by atoms with Crippen molar-refractivity contribution in [2.75, 3.05) is 11.4 Å². The first-order valence-electron chi connectivity index (χ1n) is 11.0. The molecule has 0 aliphatic carbocycles. The van der Waals surface area contributed by atoms with Crippen LogP contribution in [-0.4, -0.2) is 57.5 Å². The van der Waals surface area contributed by atoms with E-state index in [1.165, 1.54) is 12.5 Å². The Balaban J connectivity index is 1.61. The molecule has 6 rings (SSSR count). The zero-order valence-electron chi connectivity index (χ0n) is 18.4. The van der Waals surface area contributed by atoms with E-state index in [1.54, 1.807) is 24.0 Å². The number of hydrogen-bond donors (Lipinski definition) is 1. The van der Waals surface area contributed by atoms with E-state index in [9.17, 15) is 14.4 Å². The topological polar surface area (TPSA) is 128 Å². The van der Waals surface area contributed by atoms with E-state index in [1.807, 2.05) is 6.92 Å². The molecule has 1 N–H and O–H groups in total. The van der Waals surface area contributed by atoms with Gasteiger partial charge in [0.05, 0.1) is 41.4 Å². The lowest BCUT2D eigenvalue weighted by Crippen LogP contribution is -2.72. The lowest BCUT2D eigenvalue weighted by molar-refractivity contribution is -0.158. The predicted octanol–water partition coefficient (Wildman–Crippen LogP) is 1.56. The maximum atomic E-state index is 16.0. The number of piperidine rings is 1. The monoisotopic (exact) mass is 465 g/mol. The Morgan fingerprint density at radius 2 is 2.09 bits per heavy atom. The number of amides is 2. The summed E-state index contributed by atoms with van der Waals surface area (Å²) in [6.45, 7) is 3.86. The number of nitrogens with one attached hydrogen (secondary N) is 1. The maximum absolute atomic E-state index is 16.0. The van der Waals surface area contributed by atoms with Crippen molar-refractivity contribution >= 4 is 34.3 Å². The highest BCUT2D eigenvalue weighted by atomic mass is 19.1. The quantitative estimate of drug-likeness (QED) is 0.421. The molecule has 1 aromatic carbocycles. The Hall–Kier alpha value is -3.73. The SMILES string of the molecule is C[C@@H]1CN2c3c(cc4c(-c5ccncn5)noc4c3F)CC3(C(=O)CC(=O)NC3=O)[C@H]2[C@H](C)O1. The Kier molecular flexibility index (Phi) is 4.37. The van der Waals surface area contributed by atoms with Crippen LogP contribution in [0.2, 0.25) is 0 Å². The lowest BCUT2D eigenvalue weighted by Gasteiger charge is -2.55. The van der Waals surface area contributed by atoms with E-state index < -0.39 is 47.4 Å². The summed E-state index contributed by atoms with van der Waals surface area (Å²) in [6.07, 6.45) is 1.54. The second-order valence-corrected chi connectivity index (χ2v) is 9.08. The van der Waals surface area contributed by atoms with Crippen molar-refractivity contribution in [3.63, 3.8) is 0 Å². The molecule has 2 saturated heterocycles. The van der Waals surface area contributed by atoms with Gasteiger partial charge < -0.3 is 14.2 Å². The zero-order valence-corrected chi connectivity index (χ0v) is 18.4. The van der Waals surface area contributed by atoms with Crippen LogP contribution in [0.5, 0.6) is 0 Å². The number of morpholine rings is 1. The third-order valence-electron chi connectivity index (χ3n) is 7.00. The number of nitrogens with zero attached hydrogens (tertiary/aromatic N) is 4. The summed E-state index contributed by atoms with van der Waals surface area (Å²) in [5.74, 6) is -2.43. The molecule has 2 aromatic heterocycles. The highest BCUT2D eigenvalue weighted by Gasteiger charge is 2.62. The Labute approximate surface area is 192 Å². The molecule has 3 aliphatic heterocycles. The number of Topliss-reactive ketones (excluding diaryl/α,β-unsaturated/α-hetero) is 1. The molecular formula is C23H20FN5O5. The number of imide groups is 1. The largest absolute Gasteiger partial charge is 0.372 e. The van der Waals surface area contributed by atoms with E-state index in [-0.39, 0.29) is 30.3 Å². The average molecular weight is 465 g/mol. The molecule has 34 heavy (non-hydrogen) atoms. The molecule has 1 spiro atoms. The van der Waals surface area contributed by atoms with E-state index >= 15 is 4.39 Å². The lowest BCUT2D eigenvalue weighted by atomic mass is 9.63. The Morgan fingerprint density at radius 1 is 1.26 bits per heavy atom. The Bertz CT molecular complexity index is 1350. The predicted molar refractivity (Wildman–Crippen MR) is 115 cm³/mol. The van der Waals surface area contributed by atoms with E-state index in [0.29, 0.717) is 22.3 Å². The number of carbonyl (C=O) groups is 3. The molecule has 4 atom stereocenters. The number of carbonyl (C=O) groups excluding carboxylic acids is 3. The van der Waals surface area contributed by atoms with E-state index in [4.69, 9.17) is 9.26 Å². The summed E-state index contributed by atoms with van der Waals surface area (Å²) in [5.41, 5.74) is -0.140. The van der Waals surface area contributed by atoms with E-state index in [0.717, 1.165) is 0 Å². The molecule has 11 heteroatoms. The number of halogens is 1. The highest BCUT2D eigenvalue weighted by molar-refractivity contribution is 6.22. The van der Waals surface area contributed by atoms with Crippen molar-refractivity contribution in [2.45, 2.75) is 44.9 Å². The van der Waals surface area contributed by atoms with Crippen molar-refractivity contribution in [3.05, 3.63) is 36.0 Å². The Morgan fingerprint density at radius 3 is 2.82 bits per heavy atom. The van der Waals surface area contributed by atoms with Crippen molar-refractivity contribution in [1.82, 2.24) is 20.4 Å². The molecule has 0 radical (unpaired) electrons. The highest BCUT2D eigenvalue weighted by Crippen LogP contribution is 2.50. The van der Waals surface area contributed by atoms with Gasteiger partial charge in [0.15, 0.2) is 11.6 Å². The van der Waals surface area contributed by atoms with Crippen LogP contribution in [0.3, 0.4) is 0 Å². The molecule has 0 bridgehead atoms. The van der Waals surface area contributed by atoms with Crippen LogP contribution in [0.25, 0.3) is 22.4 Å². The number of benzene rings is 1. The summed E-state index contributed by atoms with van der Waals surface area (Å²) in [5, 5.41) is 6.74. The minimum absolute atomic E-state index is 0.0385. The van der Waals surface area contributed by atoms with Crippen LogP contribution in [0.15, 0.2) is 29.2 Å². The van der Waals surface area contributed by atoms with Gasteiger partial charge in [0.1, 0.15) is 17.4 Å². The number of aromatic nitrogens is 3. The first-order chi connectivity index (χ1) is 16.3. The molecular weight excluding hydrogens is 445 g/mol. The number of ether oxygens (including phenoxy) is 1. The normalized spacial score (nSPS) is 28.7. The first-order valence-corrected chi connectivity index (χ1v) is 11.0. The van der Waals surface area contributed by atoms with Crippen molar-refractivity contribution in [1.29, 1.82) is 0 Å². The van der Waals surface area contributed by atoms with Crippen LogP contribution >= 0.6 is 0 Å². The molecule has 3 aliphatic rings. The number of anilines is 1. The van der Waals surface area contributed by atoms with Crippen molar-refractivity contribution in [2.24, 2.45) is 5.41 Å². The van der Waals surface area contributed by atoms with Gasteiger partial charge in [-0.1, -0.05) is 5.16 Å². The second-order valence-electron chi connectivity index (χ2n) is 9.08. The van der Waals surface area contributed by atoms with Gasteiger partial charge in [-0.2, -0.15) is 0 Å². The van der Waals surface area contributed by atoms with Gasteiger partial charge in [-0.3, -0.25) is 19.7 Å². The van der Waals surface area contributed by atoms with Crippen molar-refractivity contribution < 1.29 is 28.0 Å². The molecule has 2 amide bonds. The number of rotatable bonds is 1. The van der Waals surface area contributed by atoms with Gasteiger partial charge in [-0.15, -0.1) is 0 Å². The summed E-state index contributed by atoms with van der Waals surface area (Å²) in [6, 6.07) is 2.54. The molecule has 2 fully saturated rings. The summed E-state index contributed by atoms with van der Waals surface area (Å²) < 4.78 is 27.4. The fourth-order valence-corrected chi connectivity index (χ4v) is 5.76. The van der Waals surface area contributed by atoms with Crippen LogP contribution < -0.4 is 10.2 Å². The second kappa shape index (κ2) is 7.13. The minimum atomic E-state index is -1.59. The third-order valence-corrected chi connectivity index (χ3v) is 7.00. The smallest absolute Gasteiger partial charge is 0.242 e. The fourth-order valence-electron chi connectivity index (χ4n) is 5.76. The summed E-state index contributed by atoms with van der Waals surface area (Å²) in [4.78, 5) is 48.4. The fraction of sp³-hybridized carbons (Fsp3) is 0.391. The minimum Gasteiger partial charge on any atom is -0.372 e. The van der Waals surface area contributed by atoms with Crippen molar-refractivity contribution in [3.8, 4) is 11.4 Å². The summed E-state index contributed by atoms with van der Waals surface area (Å²) in [7, 11) is 0. The van der Waals surface area contributed by atoms with E-state index in [2.05, 4.69) is 20.4 Å². The first kappa shape index (κ1) is 20.8. The van der Waals surface area contributed by atoms with Gasteiger partial charge in [-0.05, 0) is 38.0 Å². The van der Waals surface area contributed by atoms with Gasteiger partial charge in [-0.25, -0.2) is 14.4 Å². The third kappa shape index (κ3) is 2.70. The van der Waals surface area contributed by atoms with Gasteiger partial charge >= 0.3 is 0 Å². The zero-order chi connectivity index (χ0) is 23.8. The maximum Gasteiger partial charge on any atom is 0.242 e. The van der Waals surface area contributed by atoms with Crippen LogP contribution in [0, 0.1) is 11.2 Å². The molecule has 1 unspecified atom stereocenters. The standard InChI is InChI=1S/C23H20FN5O5/c1-10-8-29-19-12(5-13-18(14-3-4-25-9-26-14)28-34-20(13)17(19)24)7-23(21(29)11(2)33-10)15(30)6-16(31)27-22(23)32/h3-5,9-11,21H,6-8H2,1-2H3,(H,27,31,32)/t10-,11+,21-,23?/m1/s1. The number of hydrogen-bond acceptors (Lipinski definition) is 9. The molecule has 0 saturated carbocycles. The van der Waals surface area contributed by atoms with Crippen LogP contribution in [-0.2, 0) is 25.5 Å². The van der Waals surface area contributed by atoms with Gasteiger partial charge in [0.2, 0.25) is 17.4 Å². The van der Waals surface area contributed by atoms with Gasteiger partial charge in [0, 0.05) is 12.7 Å². The molecule has 10 nitrogen and oxygen atoms in total. The number of ketones is 1. The average Bonchev–Trinajstić information content (AvgIpc) is 3.21. The van der Waals surface area contributed by atoms with Crippen LogP contribution in [0.1, 0.15) is 25.8 Å². The molecule has 3 aromatic rings. The molecule has 174 valence electrons. The van der Waals surface area contributed by atoms with Gasteiger partial charge in [0.25, 0.3) is 0 Å².